The molecule has 1 aliphatic rings. The van der Waals surface area contributed by atoms with Gasteiger partial charge in [0, 0.05) is 18.8 Å². The Labute approximate surface area is 167 Å². The number of pyridine rings is 1. The standard InChI is InChI=1S/C20H25FN4O4/c1-4-29-19(28)16(21)18(27)22-11-12-10-15(20(12,2)3)24-17(26)13-6-5-9-25-14(13)7-8-23-25/h5-9,12,15-16H,4,10-11H2,1-3H3,(H,22,27)(H,24,26). The van der Waals surface area contributed by atoms with Crippen LogP contribution < -0.4 is 10.6 Å². The zero-order chi connectivity index (χ0) is 21.2. The van der Waals surface area contributed by atoms with Gasteiger partial charge in [-0.1, -0.05) is 13.8 Å². The van der Waals surface area contributed by atoms with Crippen LogP contribution in [-0.4, -0.2) is 52.8 Å². The third-order valence-corrected chi connectivity index (χ3v) is 5.70. The van der Waals surface area contributed by atoms with E-state index in [-0.39, 0.29) is 36.4 Å². The number of carbonyl (C=O) groups excluding carboxylic acids is 3. The summed E-state index contributed by atoms with van der Waals surface area (Å²) in [5.41, 5.74) is 0.954. The van der Waals surface area contributed by atoms with Gasteiger partial charge in [0.25, 0.3) is 18.0 Å². The monoisotopic (exact) mass is 404 g/mol. The van der Waals surface area contributed by atoms with Gasteiger partial charge < -0.3 is 15.4 Å². The number of esters is 1. The Balaban J connectivity index is 1.54. The van der Waals surface area contributed by atoms with E-state index in [4.69, 9.17) is 0 Å². The van der Waals surface area contributed by atoms with Crippen molar-refractivity contribution in [3.05, 3.63) is 36.2 Å². The number of nitrogens with one attached hydrogen (secondary N) is 2. The molecule has 0 aliphatic heterocycles. The Morgan fingerprint density at radius 1 is 1.38 bits per heavy atom. The molecule has 0 aromatic carbocycles. The van der Waals surface area contributed by atoms with Gasteiger partial charge in [-0.05, 0) is 42.9 Å². The van der Waals surface area contributed by atoms with Crippen molar-refractivity contribution in [3.63, 3.8) is 0 Å². The third kappa shape index (κ3) is 4.08. The van der Waals surface area contributed by atoms with Gasteiger partial charge in [-0.15, -0.1) is 0 Å². The largest absolute Gasteiger partial charge is 0.463 e. The summed E-state index contributed by atoms with van der Waals surface area (Å²) in [5, 5.41) is 9.63. The third-order valence-electron chi connectivity index (χ3n) is 5.70. The number of amides is 2. The number of hydrogen-bond donors (Lipinski definition) is 2. The predicted octanol–water partition coefficient (Wildman–Crippen LogP) is 1.50. The molecule has 29 heavy (non-hydrogen) atoms. The fourth-order valence-electron chi connectivity index (χ4n) is 3.62. The van der Waals surface area contributed by atoms with E-state index in [2.05, 4.69) is 20.5 Å². The molecule has 2 amide bonds. The molecular weight excluding hydrogens is 379 g/mol. The molecule has 0 saturated heterocycles. The molecule has 156 valence electrons. The highest BCUT2D eigenvalue weighted by Gasteiger charge is 2.49. The topological polar surface area (TPSA) is 102 Å². The molecule has 2 heterocycles. The van der Waals surface area contributed by atoms with Gasteiger partial charge in [0.2, 0.25) is 0 Å². The lowest BCUT2D eigenvalue weighted by atomic mass is 9.58. The van der Waals surface area contributed by atoms with E-state index in [1.54, 1.807) is 42.0 Å². The fourth-order valence-corrected chi connectivity index (χ4v) is 3.62. The number of rotatable bonds is 7. The molecule has 0 spiro atoms. The maximum atomic E-state index is 13.7. The van der Waals surface area contributed by atoms with E-state index in [1.807, 2.05) is 13.8 Å². The second kappa shape index (κ2) is 8.18. The highest BCUT2D eigenvalue weighted by molar-refractivity contribution is 6.01. The SMILES string of the molecule is CCOC(=O)C(F)C(=O)NCC1CC(NC(=O)c2cccn3nccc23)C1(C)C. The molecular formula is C20H25FN4O4. The lowest BCUT2D eigenvalue weighted by Gasteiger charge is -2.52. The Kier molecular flexibility index (Phi) is 5.86. The van der Waals surface area contributed by atoms with Crippen molar-refractivity contribution in [1.82, 2.24) is 20.2 Å². The smallest absolute Gasteiger partial charge is 0.350 e. The first-order valence-electron chi connectivity index (χ1n) is 9.57. The Morgan fingerprint density at radius 3 is 2.83 bits per heavy atom. The molecule has 1 fully saturated rings. The Bertz CT molecular complexity index is 926. The first kappa shape index (κ1) is 20.8. The highest BCUT2D eigenvalue weighted by Crippen LogP contribution is 2.46. The van der Waals surface area contributed by atoms with Gasteiger partial charge >= 0.3 is 5.97 Å². The van der Waals surface area contributed by atoms with E-state index < -0.39 is 18.0 Å². The average Bonchev–Trinajstić information content (AvgIpc) is 3.18. The summed E-state index contributed by atoms with van der Waals surface area (Å²) in [6.45, 7) is 5.74. The average molecular weight is 404 g/mol. The van der Waals surface area contributed by atoms with Crippen LogP contribution in [0.3, 0.4) is 0 Å². The zero-order valence-electron chi connectivity index (χ0n) is 16.6. The van der Waals surface area contributed by atoms with E-state index in [9.17, 15) is 18.8 Å². The summed E-state index contributed by atoms with van der Waals surface area (Å²) in [6.07, 6.45) is 1.71. The number of hydrogen-bond acceptors (Lipinski definition) is 5. The molecule has 9 heteroatoms. The maximum Gasteiger partial charge on any atom is 0.350 e. The van der Waals surface area contributed by atoms with E-state index in [0.717, 1.165) is 5.52 Å². The van der Waals surface area contributed by atoms with Gasteiger partial charge in [0.1, 0.15) is 0 Å². The number of halogens is 1. The second-order valence-corrected chi connectivity index (χ2v) is 7.72. The first-order valence-corrected chi connectivity index (χ1v) is 9.57. The summed E-state index contributed by atoms with van der Waals surface area (Å²) in [5.74, 6) is -2.34. The number of carbonyl (C=O) groups is 3. The van der Waals surface area contributed by atoms with Crippen LogP contribution in [0.5, 0.6) is 0 Å². The van der Waals surface area contributed by atoms with Crippen molar-refractivity contribution < 1.29 is 23.5 Å². The van der Waals surface area contributed by atoms with Crippen LogP contribution in [0.2, 0.25) is 0 Å². The maximum absolute atomic E-state index is 13.7. The quantitative estimate of drug-likeness (QED) is 0.538. The minimum Gasteiger partial charge on any atom is -0.463 e. The molecule has 0 bridgehead atoms. The van der Waals surface area contributed by atoms with Crippen LogP contribution in [0.25, 0.3) is 5.52 Å². The number of aromatic nitrogens is 2. The molecule has 3 atom stereocenters. The first-order chi connectivity index (χ1) is 13.8. The minimum absolute atomic E-state index is 0.0105. The van der Waals surface area contributed by atoms with Crippen molar-refractivity contribution in [2.75, 3.05) is 13.2 Å². The summed E-state index contributed by atoms with van der Waals surface area (Å²) >= 11 is 0. The van der Waals surface area contributed by atoms with Gasteiger partial charge in [-0.3, -0.25) is 9.59 Å². The lowest BCUT2D eigenvalue weighted by molar-refractivity contribution is -0.153. The van der Waals surface area contributed by atoms with Crippen LogP contribution in [0, 0.1) is 11.3 Å². The minimum atomic E-state index is -2.33. The molecule has 8 nitrogen and oxygen atoms in total. The number of ether oxygens (including phenoxy) is 1. The molecule has 1 aliphatic carbocycles. The normalized spacial score (nSPS) is 21.1. The van der Waals surface area contributed by atoms with Crippen LogP contribution in [0.15, 0.2) is 30.6 Å². The molecule has 2 aromatic rings. The van der Waals surface area contributed by atoms with Crippen molar-refractivity contribution >= 4 is 23.3 Å². The summed E-state index contributed by atoms with van der Waals surface area (Å²) in [7, 11) is 0. The van der Waals surface area contributed by atoms with Crippen molar-refractivity contribution in [2.45, 2.75) is 39.4 Å². The molecule has 2 aromatic heterocycles. The molecule has 0 radical (unpaired) electrons. The van der Waals surface area contributed by atoms with E-state index >= 15 is 0 Å². The molecule has 2 N–H and O–H groups in total. The van der Waals surface area contributed by atoms with Crippen LogP contribution in [-0.2, 0) is 14.3 Å². The van der Waals surface area contributed by atoms with E-state index in [1.165, 1.54) is 0 Å². The van der Waals surface area contributed by atoms with Crippen LogP contribution in [0.4, 0.5) is 4.39 Å². The lowest BCUT2D eigenvalue weighted by Crippen LogP contribution is -2.61. The summed E-state index contributed by atoms with van der Waals surface area (Å²) < 4.78 is 19.9. The number of nitrogens with zero attached hydrogens (tertiary/aromatic N) is 2. The second-order valence-electron chi connectivity index (χ2n) is 7.72. The Morgan fingerprint density at radius 2 is 2.14 bits per heavy atom. The van der Waals surface area contributed by atoms with Gasteiger partial charge in [0.05, 0.1) is 23.9 Å². The summed E-state index contributed by atoms with van der Waals surface area (Å²) in [6, 6.07) is 5.19. The Hall–Kier alpha value is -2.97. The molecule has 3 rings (SSSR count). The van der Waals surface area contributed by atoms with Gasteiger partial charge in [0.15, 0.2) is 0 Å². The predicted molar refractivity (Wildman–Crippen MR) is 103 cm³/mol. The zero-order valence-corrected chi connectivity index (χ0v) is 16.6. The van der Waals surface area contributed by atoms with Crippen molar-refractivity contribution in [1.29, 1.82) is 0 Å². The summed E-state index contributed by atoms with van der Waals surface area (Å²) in [4.78, 5) is 35.8. The fraction of sp³-hybridized carbons (Fsp3) is 0.500. The van der Waals surface area contributed by atoms with Crippen molar-refractivity contribution in [3.8, 4) is 0 Å². The number of fused-ring (bicyclic) bond motifs is 1. The highest BCUT2D eigenvalue weighted by atomic mass is 19.1. The van der Waals surface area contributed by atoms with Crippen molar-refractivity contribution in [2.24, 2.45) is 11.3 Å². The van der Waals surface area contributed by atoms with Crippen LogP contribution >= 0.6 is 0 Å². The number of alkyl halides is 1. The molecule has 3 unspecified atom stereocenters. The van der Waals surface area contributed by atoms with Gasteiger partial charge in [-0.2, -0.15) is 5.10 Å². The van der Waals surface area contributed by atoms with E-state index in [0.29, 0.717) is 12.0 Å². The molecule has 1 saturated carbocycles. The van der Waals surface area contributed by atoms with Crippen LogP contribution in [0.1, 0.15) is 37.6 Å². The van der Waals surface area contributed by atoms with Gasteiger partial charge in [-0.25, -0.2) is 13.7 Å².